The number of nitrogens with one attached hydrogen (secondary N) is 2. The van der Waals surface area contributed by atoms with E-state index in [0.717, 1.165) is 0 Å². The Morgan fingerprint density at radius 2 is 1.89 bits per heavy atom. The molecular weight excluding hydrogens is 256 g/mol. The number of H-pyrrole nitrogens is 2. The predicted molar refractivity (Wildman–Crippen MR) is 60.1 cm³/mol. The van der Waals surface area contributed by atoms with Crippen molar-refractivity contribution >= 4 is 23.6 Å². The number of carbonyl (C=O) groups is 2. The predicted octanol–water partition coefficient (Wildman–Crippen LogP) is -0.548. The van der Waals surface area contributed by atoms with Gasteiger partial charge < -0.3 is 26.5 Å². The molecule has 0 saturated carbocycles. The van der Waals surface area contributed by atoms with E-state index in [1.54, 1.807) is 0 Å². The smallest absolute Gasteiger partial charge is 0.270 e. The zero-order chi connectivity index (χ0) is 14.0. The van der Waals surface area contributed by atoms with Crippen LogP contribution in [0.2, 0.25) is 0 Å². The Bertz CT molecular complexity index is 669. The quantitative estimate of drug-likeness (QED) is 0.462. The molecule has 11 heteroatoms. The molecule has 98 valence electrons. The molecule has 2 aromatic heterocycles. The van der Waals surface area contributed by atoms with Crippen LogP contribution in [0.3, 0.4) is 0 Å². The molecule has 2 heterocycles. The zero-order valence-corrected chi connectivity index (χ0v) is 9.28. The van der Waals surface area contributed by atoms with Gasteiger partial charge in [0.2, 0.25) is 11.7 Å². The number of hydrogen-bond donors (Lipinski definition) is 5. The Hall–Kier alpha value is -3.24. The highest BCUT2D eigenvalue weighted by molar-refractivity contribution is 5.95. The van der Waals surface area contributed by atoms with Crippen molar-refractivity contribution in [2.24, 2.45) is 21.7 Å². The normalized spacial score (nSPS) is 10.9. The third kappa shape index (κ3) is 2.38. The summed E-state index contributed by atoms with van der Waals surface area (Å²) in [6, 6.07) is 0. The van der Waals surface area contributed by atoms with Crippen LogP contribution >= 0.6 is 0 Å². The second kappa shape index (κ2) is 4.56. The van der Waals surface area contributed by atoms with Crippen molar-refractivity contribution in [2.45, 2.75) is 0 Å². The lowest BCUT2D eigenvalue weighted by Gasteiger charge is -1.89. The summed E-state index contributed by atoms with van der Waals surface area (Å²) in [6.45, 7) is 0. The van der Waals surface area contributed by atoms with Gasteiger partial charge in [0.1, 0.15) is 0 Å². The highest BCUT2D eigenvalue weighted by Crippen LogP contribution is 2.20. The number of amides is 2. The maximum Gasteiger partial charge on any atom is 0.270 e. The van der Waals surface area contributed by atoms with Gasteiger partial charge in [0.05, 0.1) is 6.33 Å². The van der Waals surface area contributed by atoms with Gasteiger partial charge in [-0.25, -0.2) is 4.98 Å². The molecule has 0 unspecified atom stereocenters. The Kier molecular flexibility index (Phi) is 2.93. The van der Waals surface area contributed by atoms with E-state index in [0.29, 0.717) is 0 Å². The number of carbonyl (C=O) groups excluding carboxylic acids is 2. The fraction of sp³-hybridized carbons (Fsp3) is 0. The van der Waals surface area contributed by atoms with Gasteiger partial charge in [-0.1, -0.05) is 0 Å². The van der Waals surface area contributed by atoms with Gasteiger partial charge in [-0.2, -0.15) is 4.98 Å². The van der Waals surface area contributed by atoms with Crippen LogP contribution < -0.4 is 11.5 Å². The van der Waals surface area contributed by atoms with Gasteiger partial charge in [-0.15, -0.1) is 10.2 Å². The van der Waals surface area contributed by atoms with Gasteiger partial charge in [-0.05, 0) is 0 Å². The summed E-state index contributed by atoms with van der Waals surface area (Å²) >= 11 is 0. The third-order valence-electron chi connectivity index (χ3n) is 2.02. The minimum atomic E-state index is -0.899. The first-order chi connectivity index (χ1) is 8.99. The average Bonchev–Trinajstić information content (AvgIpc) is 2.92. The van der Waals surface area contributed by atoms with Crippen LogP contribution in [0.15, 0.2) is 16.6 Å². The zero-order valence-electron chi connectivity index (χ0n) is 9.28. The van der Waals surface area contributed by atoms with Crippen LogP contribution in [0.4, 0.5) is 11.8 Å². The Labute approximate surface area is 104 Å². The van der Waals surface area contributed by atoms with Gasteiger partial charge in [0.15, 0.2) is 11.4 Å². The number of nitrogens with two attached hydrogens (primary N) is 2. The number of aromatic hydroxyl groups is 1. The third-order valence-corrected chi connectivity index (χ3v) is 2.02. The first-order valence-electron chi connectivity index (χ1n) is 4.82. The molecule has 7 N–H and O–H groups in total. The van der Waals surface area contributed by atoms with Crippen molar-refractivity contribution in [3.8, 4) is 5.88 Å². The topological polar surface area (TPSA) is 188 Å². The second-order valence-corrected chi connectivity index (χ2v) is 3.29. The van der Waals surface area contributed by atoms with Gasteiger partial charge in [0.25, 0.3) is 17.8 Å². The summed E-state index contributed by atoms with van der Waals surface area (Å²) in [6.07, 6.45) is 1.21. The highest BCUT2D eigenvalue weighted by atomic mass is 16.3. The molecule has 0 aliphatic carbocycles. The first kappa shape index (κ1) is 12.2. The summed E-state index contributed by atoms with van der Waals surface area (Å²) in [5.41, 5.74) is 9.69. The molecule has 0 atom stereocenters. The van der Waals surface area contributed by atoms with E-state index in [9.17, 15) is 14.7 Å². The van der Waals surface area contributed by atoms with E-state index < -0.39 is 17.7 Å². The number of primary amides is 2. The van der Waals surface area contributed by atoms with Crippen molar-refractivity contribution in [3.63, 3.8) is 0 Å². The van der Waals surface area contributed by atoms with E-state index in [1.165, 1.54) is 6.33 Å². The van der Waals surface area contributed by atoms with Crippen LogP contribution in [0.5, 0.6) is 5.88 Å². The maximum absolute atomic E-state index is 11.0. The molecule has 19 heavy (non-hydrogen) atoms. The van der Waals surface area contributed by atoms with E-state index in [4.69, 9.17) is 11.5 Å². The highest BCUT2D eigenvalue weighted by Gasteiger charge is 2.14. The lowest BCUT2D eigenvalue weighted by atomic mass is 10.4. The maximum atomic E-state index is 11.0. The van der Waals surface area contributed by atoms with Crippen LogP contribution in [0.25, 0.3) is 0 Å². The summed E-state index contributed by atoms with van der Waals surface area (Å²) in [5.74, 6) is -2.48. The first-order valence-corrected chi connectivity index (χ1v) is 4.82. The molecule has 11 nitrogen and oxygen atoms in total. The summed E-state index contributed by atoms with van der Waals surface area (Å²) in [5, 5.41) is 16.4. The van der Waals surface area contributed by atoms with Crippen molar-refractivity contribution in [3.05, 3.63) is 17.7 Å². The molecule has 0 fully saturated rings. The lowest BCUT2D eigenvalue weighted by molar-refractivity contribution is 0.0986. The van der Waals surface area contributed by atoms with Crippen molar-refractivity contribution in [1.82, 2.24) is 19.9 Å². The molecule has 0 radical (unpaired) electrons. The minimum Gasteiger partial charge on any atom is -0.492 e. The number of aromatic nitrogens is 4. The molecule has 2 rings (SSSR count). The molecule has 0 aliphatic heterocycles. The number of imidazole rings is 2. The standard InChI is InChI=1S/C8H8N8O3/c9-4(17)2-6(12-1-11-2)15-16-8-13-3(5(10)18)7(19)14-8/h1,19H,(H2,9,17)(H2,10,18)(H,11,12)(H,13,14). The largest absolute Gasteiger partial charge is 0.492 e. The van der Waals surface area contributed by atoms with E-state index in [-0.39, 0.29) is 23.2 Å². The second-order valence-electron chi connectivity index (χ2n) is 3.29. The molecule has 0 saturated heterocycles. The van der Waals surface area contributed by atoms with Crippen LogP contribution in [0.1, 0.15) is 21.0 Å². The summed E-state index contributed by atoms with van der Waals surface area (Å²) in [4.78, 5) is 33.8. The monoisotopic (exact) mass is 264 g/mol. The Morgan fingerprint density at radius 1 is 1.21 bits per heavy atom. The van der Waals surface area contributed by atoms with Gasteiger partial charge in [0, 0.05) is 0 Å². The van der Waals surface area contributed by atoms with E-state index >= 15 is 0 Å². The minimum absolute atomic E-state index is 0.0327. The van der Waals surface area contributed by atoms with Gasteiger partial charge >= 0.3 is 0 Å². The van der Waals surface area contributed by atoms with E-state index in [1.807, 2.05) is 0 Å². The van der Waals surface area contributed by atoms with E-state index in [2.05, 4.69) is 30.2 Å². The molecule has 2 amide bonds. The summed E-state index contributed by atoms with van der Waals surface area (Å²) < 4.78 is 0. The van der Waals surface area contributed by atoms with Crippen molar-refractivity contribution in [1.29, 1.82) is 0 Å². The molecule has 0 bridgehead atoms. The van der Waals surface area contributed by atoms with Crippen molar-refractivity contribution in [2.75, 3.05) is 0 Å². The van der Waals surface area contributed by atoms with Crippen LogP contribution in [-0.2, 0) is 0 Å². The number of aromatic amines is 2. The number of nitrogens with zero attached hydrogens (tertiary/aromatic N) is 4. The molecule has 2 aromatic rings. The SMILES string of the molecule is NC(=O)c1[nH]c(N=Nc2nc[nH]c2C(N)=O)nc1O. The fourth-order valence-electron chi connectivity index (χ4n) is 1.21. The molecule has 0 aliphatic rings. The fourth-order valence-corrected chi connectivity index (χ4v) is 1.21. The Balaban J connectivity index is 2.28. The molecule has 0 aromatic carbocycles. The van der Waals surface area contributed by atoms with Gasteiger partial charge in [-0.3, -0.25) is 9.59 Å². The number of azo groups is 1. The average molecular weight is 264 g/mol. The van der Waals surface area contributed by atoms with Crippen molar-refractivity contribution < 1.29 is 14.7 Å². The van der Waals surface area contributed by atoms with Crippen LogP contribution in [-0.4, -0.2) is 36.9 Å². The molecule has 0 spiro atoms. The Morgan fingerprint density at radius 3 is 2.47 bits per heavy atom. The number of rotatable bonds is 4. The van der Waals surface area contributed by atoms with Crippen LogP contribution in [0, 0.1) is 0 Å². The molecular formula is C8H8N8O3. The summed E-state index contributed by atoms with van der Waals surface area (Å²) in [7, 11) is 0. The lowest BCUT2D eigenvalue weighted by Crippen LogP contribution is -2.11. The number of hydrogen-bond acceptors (Lipinski definition) is 7.